The minimum atomic E-state index is -4.61. The Bertz CT molecular complexity index is 806. The van der Waals surface area contributed by atoms with E-state index in [0.29, 0.717) is 6.42 Å². The van der Waals surface area contributed by atoms with Crippen molar-refractivity contribution >= 4 is 12.0 Å². The number of halogens is 3. The maximum Gasteiger partial charge on any atom is 0.421 e. The van der Waals surface area contributed by atoms with Crippen LogP contribution in [0.4, 0.5) is 18.0 Å². The van der Waals surface area contributed by atoms with Crippen molar-refractivity contribution < 1.29 is 32.2 Å². The fourth-order valence-corrected chi connectivity index (χ4v) is 3.13. The zero-order chi connectivity index (χ0) is 23.6. The number of aromatic nitrogens is 1. The highest BCUT2D eigenvalue weighted by Crippen LogP contribution is 2.35. The molecule has 0 aliphatic carbocycles. The Kier molecular flexibility index (Phi) is 7.12. The van der Waals surface area contributed by atoms with Crippen molar-refractivity contribution in [2.24, 2.45) is 5.41 Å². The van der Waals surface area contributed by atoms with E-state index in [-0.39, 0.29) is 31.1 Å². The lowest BCUT2D eigenvalue weighted by molar-refractivity contribution is -0.139. The summed E-state index contributed by atoms with van der Waals surface area (Å²) in [4.78, 5) is 30.3. The van der Waals surface area contributed by atoms with Gasteiger partial charge in [0.1, 0.15) is 17.8 Å². The minimum absolute atomic E-state index is 0.123. The van der Waals surface area contributed by atoms with Crippen LogP contribution in [-0.4, -0.2) is 52.7 Å². The maximum absolute atomic E-state index is 13.1. The first-order valence-corrected chi connectivity index (χ1v) is 10.1. The molecular weight excluding hydrogens is 415 g/mol. The molecule has 2 atom stereocenters. The van der Waals surface area contributed by atoms with E-state index < -0.39 is 34.7 Å². The van der Waals surface area contributed by atoms with Crippen LogP contribution in [-0.2, 0) is 15.7 Å². The minimum Gasteiger partial charge on any atom is -0.476 e. The number of alkyl halides is 3. The molecule has 0 bridgehead atoms. The monoisotopic (exact) mass is 445 g/mol. The van der Waals surface area contributed by atoms with E-state index in [2.05, 4.69) is 10.3 Å². The molecule has 7 nitrogen and oxygen atoms in total. The molecule has 174 valence electrons. The number of hydrogen-bond acceptors (Lipinski definition) is 5. The van der Waals surface area contributed by atoms with Gasteiger partial charge in [-0.25, -0.2) is 9.78 Å². The van der Waals surface area contributed by atoms with Crippen LogP contribution in [0.2, 0.25) is 0 Å². The number of nitrogens with one attached hydrogen (secondary N) is 1. The Balaban J connectivity index is 1.97. The zero-order valence-corrected chi connectivity index (χ0v) is 18.7. The third kappa shape index (κ3) is 6.73. The lowest BCUT2D eigenvalue weighted by Gasteiger charge is -2.27. The van der Waals surface area contributed by atoms with Crippen LogP contribution < -0.4 is 10.1 Å². The van der Waals surface area contributed by atoms with Crippen molar-refractivity contribution in [1.29, 1.82) is 0 Å². The van der Waals surface area contributed by atoms with E-state index in [1.807, 2.05) is 6.92 Å². The van der Waals surface area contributed by atoms with Gasteiger partial charge in [0.25, 0.3) is 0 Å². The molecule has 10 heteroatoms. The molecular formula is C21H30F3N3O4. The Labute approximate surface area is 180 Å². The SMILES string of the molecule is C[C@H]1C[C@@H](NC(=O)C(C)(C)COc2ncccc2C(F)(F)F)CN1C(=O)OC(C)(C)C. The van der Waals surface area contributed by atoms with Gasteiger partial charge in [0.15, 0.2) is 0 Å². The van der Waals surface area contributed by atoms with Gasteiger partial charge >= 0.3 is 12.3 Å². The Hall–Kier alpha value is -2.52. The van der Waals surface area contributed by atoms with E-state index in [9.17, 15) is 22.8 Å². The predicted octanol–water partition coefficient (Wildman–Crippen LogP) is 4.02. The summed E-state index contributed by atoms with van der Waals surface area (Å²) >= 11 is 0. The second kappa shape index (κ2) is 8.92. The Morgan fingerprint density at radius 2 is 1.87 bits per heavy atom. The van der Waals surface area contributed by atoms with Gasteiger partial charge in [-0.05, 0) is 60.1 Å². The topological polar surface area (TPSA) is 80.8 Å². The molecule has 0 saturated carbocycles. The molecule has 0 aromatic carbocycles. The van der Waals surface area contributed by atoms with Crippen LogP contribution in [0.25, 0.3) is 0 Å². The molecule has 2 heterocycles. The number of nitrogens with zero attached hydrogens (tertiary/aromatic N) is 2. The van der Waals surface area contributed by atoms with Crippen molar-refractivity contribution in [3.05, 3.63) is 23.9 Å². The molecule has 1 aromatic heterocycles. The number of rotatable bonds is 5. The van der Waals surface area contributed by atoms with Crippen molar-refractivity contribution in [2.75, 3.05) is 13.2 Å². The first-order chi connectivity index (χ1) is 14.1. The van der Waals surface area contributed by atoms with Crippen LogP contribution in [0.3, 0.4) is 0 Å². The van der Waals surface area contributed by atoms with Crippen LogP contribution in [0.15, 0.2) is 18.3 Å². The van der Waals surface area contributed by atoms with E-state index in [0.717, 1.165) is 6.07 Å². The highest BCUT2D eigenvalue weighted by molar-refractivity contribution is 5.82. The number of hydrogen-bond donors (Lipinski definition) is 1. The molecule has 31 heavy (non-hydrogen) atoms. The molecule has 1 saturated heterocycles. The molecule has 1 aliphatic rings. The summed E-state index contributed by atoms with van der Waals surface area (Å²) in [5, 5.41) is 2.87. The molecule has 2 amide bonds. The third-order valence-electron chi connectivity index (χ3n) is 4.80. The van der Waals surface area contributed by atoms with Gasteiger partial charge in [-0.15, -0.1) is 0 Å². The molecule has 1 aromatic rings. The van der Waals surface area contributed by atoms with Crippen molar-refractivity contribution in [3.63, 3.8) is 0 Å². The lowest BCUT2D eigenvalue weighted by atomic mass is 9.93. The summed E-state index contributed by atoms with van der Waals surface area (Å²) in [6.45, 7) is 10.3. The number of pyridine rings is 1. The van der Waals surface area contributed by atoms with Crippen LogP contribution in [0, 0.1) is 5.41 Å². The molecule has 0 radical (unpaired) electrons. The number of carbonyl (C=O) groups excluding carboxylic acids is 2. The summed E-state index contributed by atoms with van der Waals surface area (Å²) < 4.78 is 50.0. The quantitative estimate of drug-likeness (QED) is 0.741. The van der Waals surface area contributed by atoms with Gasteiger partial charge in [-0.3, -0.25) is 4.79 Å². The first kappa shape index (κ1) is 24.7. The molecule has 1 N–H and O–H groups in total. The average molecular weight is 445 g/mol. The molecule has 1 aliphatic heterocycles. The van der Waals surface area contributed by atoms with Crippen LogP contribution in [0.5, 0.6) is 5.88 Å². The number of amides is 2. The Morgan fingerprint density at radius 3 is 2.45 bits per heavy atom. The molecule has 1 fully saturated rings. The van der Waals surface area contributed by atoms with Crippen LogP contribution >= 0.6 is 0 Å². The zero-order valence-electron chi connectivity index (χ0n) is 18.7. The summed E-state index contributed by atoms with van der Waals surface area (Å²) in [6.07, 6.45) is -3.32. The second-order valence-corrected chi connectivity index (χ2v) is 9.41. The summed E-state index contributed by atoms with van der Waals surface area (Å²) in [6, 6.07) is 1.63. The predicted molar refractivity (Wildman–Crippen MR) is 107 cm³/mol. The van der Waals surface area contributed by atoms with Gasteiger partial charge in [0, 0.05) is 24.8 Å². The van der Waals surface area contributed by atoms with Gasteiger partial charge in [0.2, 0.25) is 11.8 Å². The normalized spacial score (nSPS) is 19.8. The van der Waals surface area contributed by atoms with Gasteiger partial charge in [0.05, 0.1) is 5.41 Å². The summed E-state index contributed by atoms with van der Waals surface area (Å²) in [5.74, 6) is -0.957. The third-order valence-corrected chi connectivity index (χ3v) is 4.80. The lowest BCUT2D eigenvalue weighted by Crippen LogP contribution is -2.47. The largest absolute Gasteiger partial charge is 0.476 e. The van der Waals surface area contributed by atoms with E-state index in [1.54, 1.807) is 39.5 Å². The van der Waals surface area contributed by atoms with Crippen LogP contribution in [0.1, 0.15) is 53.5 Å². The number of carbonyl (C=O) groups is 2. The van der Waals surface area contributed by atoms with Gasteiger partial charge in [-0.2, -0.15) is 13.2 Å². The Morgan fingerprint density at radius 1 is 1.23 bits per heavy atom. The maximum atomic E-state index is 13.1. The summed E-state index contributed by atoms with van der Waals surface area (Å²) in [7, 11) is 0. The fraction of sp³-hybridized carbons (Fsp3) is 0.667. The highest BCUT2D eigenvalue weighted by atomic mass is 19.4. The van der Waals surface area contributed by atoms with Crippen molar-refractivity contribution in [3.8, 4) is 5.88 Å². The standard InChI is InChI=1S/C21H30F3N3O4/c1-13-10-14(11-27(13)18(29)31-19(2,3)4)26-17(28)20(5,6)12-30-16-15(21(22,23)24)8-7-9-25-16/h7-9,13-14H,10-12H2,1-6H3,(H,26,28)/t13-,14+/m0/s1. The smallest absolute Gasteiger partial charge is 0.421 e. The van der Waals surface area contributed by atoms with E-state index in [4.69, 9.17) is 9.47 Å². The molecule has 2 rings (SSSR count). The van der Waals surface area contributed by atoms with Gasteiger partial charge in [-0.1, -0.05) is 0 Å². The number of likely N-dealkylation sites (tertiary alicyclic amines) is 1. The van der Waals surface area contributed by atoms with Crippen molar-refractivity contribution in [1.82, 2.24) is 15.2 Å². The summed E-state index contributed by atoms with van der Waals surface area (Å²) in [5.41, 5.74) is -2.75. The second-order valence-electron chi connectivity index (χ2n) is 9.41. The fourth-order valence-electron chi connectivity index (χ4n) is 3.13. The highest BCUT2D eigenvalue weighted by Gasteiger charge is 2.39. The van der Waals surface area contributed by atoms with E-state index in [1.165, 1.54) is 12.3 Å². The number of ether oxygens (including phenoxy) is 2. The molecule has 0 unspecified atom stereocenters. The first-order valence-electron chi connectivity index (χ1n) is 10.1. The van der Waals surface area contributed by atoms with Crippen molar-refractivity contribution in [2.45, 2.75) is 71.8 Å². The average Bonchev–Trinajstić information content (AvgIpc) is 2.98. The van der Waals surface area contributed by atoms with E-state index >= 15 is 0 Å². The molecule has 0 spiro atoms. The van der Waals surface area contributed by atoms with Gasteiger partial charge < -0.3 is 19.7 Å².